The molecule has 0 fully saturated rings. The van der Waals surface area contributed by atoms with Gasteiger partial charge in [-0.3, -0.25) is 10.1 Å². The molecule has 0 spiro atoms. The molecule has 26 heavy (non-hydrogen) atoms. The summed E-state index contributed by atoms with van der Waals surface area (Å²) in [6.45, 7) is 6.03. The lowest BCUT2D eigenvalue weighted by atomic mass is 10.1. The lowest BCUT2D eigenvalue weighted by molar-refractivity contribution is 0.103. The van der Waals surface area contributed by atoms with Gasteiger partial charge in [-0.05, 0) is 43.5 Å². The van der Waals surface area contributed by atoms with Crippen LogP contribution in [0.1, 0.15) is 33.4 Å². The van der Waals surface area contributed by atoms with E-state index < -0.39 is 0 Å². The number of pyridine rings is 1. The largest absolute Gasteiger partial charge is 0.397 e. The van der Waals surface area contributed by atoms with Crippen LogP contribution >= 0.6 is 22.7 Å². The molecule has 4 rings (SSSR count). The third kappa shape index (κ3) is 2.73. The number of thiophene rings is 1. The molecule has 3 heterocycles. The molecular weight excluding hydrogens is 364 g/mol. The summed E-state index contributed by atoms with van der Waals surface area (Å²) in [5, 5.41) is 4.36. The van der Waals surface area contributed by atoms with E-state index in [1.54, 1.807) is 0 Å². The van der Waals surface area contributed by atoms with Crippen molar-refractivity contribution in [1.29, 1.82) is 0 Å². The predicted molar refractivity (Wildman–Crippen MR) is 110 cm³/mol. The number of carbonyl (C=O) groups is 1. The number of rotatable bonds is 3. The number of hydrogen-bond donors (Lipinski definition) is 2. The molecule has 0 aliphatic rings. The molecule has 0 radical (unpaired) electrons. The van der Waals surface area contributed by atoms with Gasteiger partial charge in [0.15, 0.2) is 5.13 Å². The lowest BCUT2D eigenvalue weighted by Gasteiger charge is -2.01. The van der Waals surface area contributed by atoms with Crippen molar-refractivity contribution < 1.29 is 4.79 Å². The van der Waals surface area contributed by atoms with Gasteiger partial charge >= 0.3 is 0 Å². The van der Waals surface area contributed by atoms with E-state index in [9.17, 15) is 4.79 Å². The summed E-state index contributed by atoms with van der Waals surface area (Å²) in [5.74, 6) is -0.236. The number of thiazole rings is 1. The molecule has 3 aromatic heterocycles. The first-order valence-electron chi connectivity index (χ1n) is 8.34. The lowest BCUT2D eigenvalue weighted by Crippen LogP contribution is -2.11. The highest BCUT2D eigenvalue weighted by Gasteiger charge is 2.20. The Morgan fingerprint density at radius 3 is 2.81 bits per heavy atom. The number of nitrogens with one attached hydrogen (secondary N) is 1. The van der Waals surface area contributed by atoms with E-state index in [4.69, 9.17) is 5.73 Å². The molecule has 7 heteroatoms. The smallest absolute Gasteiger partial charge is 0.269 e. The van der Waals surface area contributed by atoms with Gasteiger partial charge in [-0.15, -0.1) is 11.3 Å². The summed E-state index contributed by atoms with van der Waals surface area (Å²) in [6, 6.07) is 8.08. The second-order valence-corrected chi connectivity index (χ2v) is 8.23. The monoisotopic (exact) mass is 382 g/mol. The second kappa shape index (κ2) is 6.34. The fourth-order valence-corrected chi connectivity index (χ4v) is 5.16. The van der Waals surface area contributed by atoms with Crippen LogP contribution in [-0.2, 0) is 6.42 Å². The van der Waals surface area contributed by atoms with Crippen molar-refractivity contribution >= 4 is 59.8 Å². The molecule has 1 amide bonds. The first kappa shape index (κ1) is 16.9. The maximum atomic E-state index is 12.8. The number of aromatic nitrogens is 2. The number of amides is 1. The first-order valence-corrected chi connectivity index (χ1v) is 9.97. The zero-order chi connectivity index (χ0) is 18.4. The molecule has 0 aliphatic heterocycles. The number of anilines is 2. The van der Waals surface area contributed by atoms with Gasteiger partial charge in [0.25, 0.3) is 5.91 Å². The second-order valence-electron chi connectivity index (χ2n) is 6.20. The minimum absolute atomic E-state index is 0.236. The molecule has 3 N–H and O–H groups in total. The number of carbonyl (C=O) groups excluding carboxylic acids is 1. The van der Waals surface area contributed by atoms with Gasteiger partial charge in [-0.25, -0.2) is 9.97 Å². The average Bonchev–Trinajstić information content (AvgIpc) is 3.14. The van der Waals surface area contributed by atoms with Crippen molar-refractivity contribution in [2.75, 3.05) is 11.1 Å². The van der Waals surface area contributed by atoms with Crippen LogP contribution in [0.3, 0.4) is 0 Å². The van der Waals surface area contributed by atoms with Crippen molar-refractivity contribution in [2.24, 2.45) is 0 Å². The molecule has 0 saturated carbocycles. The van der Waals surface area contributed by atoms with Crippen molar-refractivity contribution in [3.8, 4) is 0 Å². The average molecular weight is 383 g/mol. The van der Waals surface area contributed by atoms with Gasteiger partial charge in [-0.1, -0.05) is 30.4 Å². The molecule has 0 unspecified atom stereocenters. The van der Waals surface area contributed by atoms with Crippen LogP contribution in [0.25, 0.3) is 20.4 Å². The molecule has 1 aromatic carbocycles. The van der Waals surface area contributed by atoms with E-state index in [-0.39, 0.29) is 5.91 Å². The number of nitrogen functional groups attached to an aromatic ring is 1. The quantitative estimate of drug-likeness (QED) is 0.527. The van der Waals surface area contributed by atoms with Crippen molar-refractivity contribution in [3.05, 3.63) is 46.0 Å². The first-order chi connectivity index (χ1) is 12.5. The summed E-state index contributed by atoms with van der Waals surface area (Å²) in [7, 11) is 0. The summed E-state index contributed by atoms with van der Waals surface area (Å²) in [4.78, 5) is 23.2. The van der Waals surface area contributed by atoms with E-state index in [1.807, 2.05) is 32.0 Å². The van der Waals surface area contributed by atoms with Crippen LogP contribution in [-0.4, -0.2) is 15.9 Å². The van der Waals surface area contributed by atoms with Crippen molar-refractivity contribution in [2.45, 2.75) is 27.2 Å². The fraction of sp³-hybridized carbons (Fsp3) is 0.211. The number of aryl methyl sites for hydroxylation is 3. The Hall–Kier alpha value is -2.51. The SMILES string of the molecule is CCc1cccc2sc(NC(=O)c3sc4nc(C)cc(C)c4c3N)nc12. The Bertz CT molecular complexity index is 1160. The Morgan fingerprint density at radius 1 is 1.23 bits per heavy atom. The van der Waals surface area contributed by atoms with Gasteiger partial charge in [0.05, 0.1) is 15.9 Å². The number of nitrogens with zero attached hydrogens (tertiary/aromatic N) is 2. The summed E-state index contributed by atoms with van der Waals surface area (Å²) >= 11 is 2.80. The minimum atomic E-state index is -0.236. The number of hydrogen-bond acceptors (Lipinski definition) is 6. The van der Waals surface area contributed by atoms with E-state index in [0.717, 1.165) is 38.1 Å². The maximum Gasteiger partial charge on any atom is 0.269 e. The maximum absolute atomic E-state index is 12.8. The van der Waals surface area contributed by atoms with Gasteiger partial charge in [-0.2, -0.15) is 0 Å². The summed E-state index contributed by atoms with van der Waals surface area (Å²) < 4.78 is 1.07. The third-order valence-corrected chi connectivity index (χ3v) is 6.37. The van der Waals surface area contributed by atoms with Crippen LogP contribution in [0.4, 0.5) is 10.8 Å². The van der Waals surface area contributed by atoms with E-state index >= 15 is 0 Å². The van der Waals surface area contributed by atoms with Gasteiger partial charge in [0.2, 0.25) is 0 Å². The zero-order valence-electron chi connectivity index (χ0n) is 14.7. The predicted octanol–water partition coefficient (Wildman–Crippen LogP) is 4.92. The molecule has 4 aromatic rings. The van der Waals surface area contributed by atoms with Crippen LogP contribution in [0.5, 0.6) is 0 Å². The molecule has 0 atom stereocenters. The van der Waals surface area contributed by atoms with Crippen LogP contribution in [0.2, 0.25) is 0 Å². The third-order valence-electron chi connectivity index (χ3n) is 4.33. The highest BCUT2D eigenvalue weighted by Crippen LogP contribution is 2.36. The van der Waals surface area contributed by atoms with Crippen molar-refractivity contribution in [3.63, 3.8) is 0 Å². The highest BCUT2D eigenvalue weighted by atomic mass is 32.1. The van der Waals surface area contributed by atoms with E-state index in [2.05, 4.69) is 28.3 Å². The minimum Gasteiger partial charge on any atom is -0.397 e. The molecule has 132 valence electrons. The van der Waals surface area contributed by atoms with Gasteiger partial charge in [0, 0.05) is 11.1 Å². The Balaban J connectivity index is 1.72. The van der Waals surface area contributed by atoms with Crippen molar-refractivity contribution in [1.82, 2.24) is 9.97 Å². The number of benzene rings is 1. The van der Waals surface area contributed by atoms with Crippen LogP contribution in [0, 0.1) is 13.8 Å². The highest BCUT2D eigenvalue weighted by molar-refractivity contribution is 7.23. The topological polar surface area (TPSA) is 80.9 Å². The summed E-state index contributed by atoms with van der Waals surface area (Å²) in [5.41, 5.74) is 10.8. The number of fused-ring (bicyclic) bond motifs is 2. The Labute approximate surface area is 158 Å². The zero-order valence-corrected chi connectivity index (χ0v) is 16.3. The number of nitrogens with two attached hydrogens (primary N) is 1. The molecule has 0 aliphatic carbocycles. The fourth-order valence-electron chi connectivity index (χ4n) is 3.14. The Kier molecular flexibility index (Phi) is 4.13. The Morgan fingerprint density at radius 2 is 2.04 bits per heavy atom. The molecular formula is C19H18N4OS2. The van der Waals surface area contributed by atoms with Gasteiger partial charge < -0.3 is 5.73 Å². The molecule has 0 saturated heterocycles. The van der Waals surface area contributed by atoms with Gasteiger partial charge in [0.1, 0.15) is 9.71 Å². The summed E-state index contributed by atoms with van der Waals surface area (Å²) in [6.07, 6.45) is 0.905. The number of para-hydroxylation sites is 1. The van der Waals surface area contributed by atoms with Crippen LogP contribution in [0.15, 0.2) is 24.3 Å². The molecule has 5 nitrogen and oxygen atoms in total. The standard InChI is InChI=1S/C19H18N4OS2/c1-4-11-6-5-7-12-15(11)22-19(25-12)23-17(24)16-14(20)13-9(2)8-10(3)21-18(13)26-16/h5-8H,4,20H2,1-3H3,(H,22,23,24). The van der Waals surface area contributed by atoms with E-state index in [1.165, 1.54) is 28.2 Å². The normalized spacial score (nSPS) is 11.3. The molecule has 0 bridgehead atoms. The van der Waals surface area contributed by atoms with Crippen LogP contribution < -0.4 is 11.1 Å². The van der Waals surface area contributed by atoms with E-state index in [0.29, 0.717) is 15.7 Å².